The number of aliphatic carboxylic acids is 1. The van der Waals surface area contributed by atoms with Crippen LogP contribution >= 0.6 is 15.9 Å². The number of hydrogen-bond donors (Lipinski definition) is 2. The summed E-state index contributed by atoms with van der Waals surface area (Å²) in [7, 11) is 0. The summed E-state index contributed by atoms with van der Waals surface area (Å²) in [5.41, 5.74) is -0.595. The predicted octanol–water partition coefficient (Wildman–Crippen LogP) is 2.17. The largest absolute Gasteiger partial charge is 0.481 e. The van der Waals surface area contributed by atoms with Crippen LogP contribution in [0.1, 0.15) is 36.2 Å². The average Bonchev–Trinajstić information content (AvgIpc) is 2.60. The maximum atomic E-state index is 11.8. The summed E-state index contributed by atoms with van der Waals surface area (Å²) in [6, 6.07) is 3.17. The quantitative estimate of drug-likeness (QED) is 0.893. The number of halogens is 1. The summed E-state index contributed by atoms with van der Waals surface area (Å²) in [5.74, 6) is -1.07. The van der Waals surface area contributed by atoms with Crippen molar-refractivity contribution >= 4 is 27.8 Å². The van der Waals surface area contributed by atoms with Crippen molar-refractivity contribution in [1.82, 2.24) is 5.32 Å². The molecule has 1 amide bonds. The van der Waals surface area contributed by atoms with Crippen molar-refractivity contribution in [3.05, 3.63) is 22.6 Å². The lowest BCUT2D eigenvalue weighted by molar-refractivity contribution is -0.139. The maximum absolute atomic E-state index is 11.8. The van der Waals surface area contributed by atoms with E-state index in [2.05, 4.69) is 21.2 Å². The van der Waals surface area contributed by atoms with Crippen LogP contribution in [0.15, 0.2) is 21.2 Å². The molecule has 2 N–H and O–H groups in total. The van der Waals surface area contributed by atoms with E-state index in [-0.39, 0.29) is 18.1 Å². The molecule has 1 heterocycles. The van der Waals surface area contributed by atoms with E-state index in [4.69, 9.17) is 9.52 Å². The third-order valence-corrected chi connectivity index (χ3v) is 3.40. The molecule has 0 saturated heterocycles. The summed E-state index contributed by atoms with van der Waals surface area (Å²) in [6.07, 6.45) is 2.30. The van der Waals surface area contributed by atoms with Crippen LogP contribution < -0.4 is 5.32 Å². The van der Waals surface area contributed by atoms with Gasteiger partial charge in [0.15, 0.2) is 10.4 Å². The van der Waals surface area contributed by atoms with Crippen LogP contribution in [0.5, 0.6) is 0 Å². The van der Waals surface area contributed by atoms with Gasteiger partial charge in [0.1, 0.15) is 0 Å². The van der Waals surface area contributed by atoms with Gasteiger partial charge in [0.2, 0.25) is 0 Å². The van der Waals surface area contributed by atoms with E-state index in [0.29, 0.717) is 17.5 Å². The van der Waals surface area contributed by atoms with Crippen LogP contribution in [-0.2, 0) is 4.79 Å². The van der Waals surface area contributed by atoms with Gasteiger partial charge in [0.05, 0.1) is 12.0 Å². The molecule has 0 aromatic carbocycles. The fraction of sp³-hybridized carbons (Fsp3) is 0.455. The molecule has 1 aromatic rings. The lowest BCUT2D eigenvalue weighted by atomic mass is 9.74. The minimum Gasteiger partial charge on any atom is -0.481 e. The summed E-state index contributed by atoms with van der Waals surface area (Å²) < 4.78 is 5.60. The highest BCUT2D eigenvalue weighted by Gasteiger charge is 2.40. The maximum Gasteiger partial charge on any atom is 0.305 e. The number of rotatable bonds is 4. The smallest absolute Gasteiger partial charge is 0.305 e. The number of carboxylic acids is 1. The Kier molecular flexibility index (Phi) is 3.24. The van der Waals surface area contributed by atoms with Gasteiger partial charge < -0.3 is 14.8 Å². The zero-order chi connectivity index (χ0) is 12.5. The Balaban J connectivity index is 2.04. The number of nitrogens with one attached hydrogen (secondary N) is 1. The van der Waals surface area contributed by atoms with Crippen LogP contribution in [-0.4, -0.2) is 22.5 Å². The van der Waals surface area contributed by atoms with Gasteiger partial charge in [0, 0.05) is 0 Å². The average molecular weight is 302 g/mol. The van der Waals surface area contributed by atoms with Gasteiger partial charge in [-0.1, -0.05) is 0 Å². The molecule has 0 spiro atoms. The zero-order valence-corrected chi connectivity index (χ0v) is 10.6. The Morgan fingerprint density at radius 2 is 2.18 bits per heavy atom. The molecular weight excluding hydrogens is 290 g/mol. The van der Waals surface area contributed by atoms with Crippen LogP contribution in [0.4, 0.5) is 0 Å². The Morgan fingerprint density at radius 1 is 1.47 bits per heavy atom. The normalized spacial score (nSPS) is 17.2. The lowest BCUT2D eigenvalue weighted by Crippen LogP contribution is -2.54. The van der Waals surface area contributed by atoms with Crippen molar-refractivity contribution in [2.75, 3.05) is 0 Å². The fourth-order valence-corrected chi connectivity index (χ4v) is 2.28. The predicted molar refractivity (Wildman–Crippen MR) is 62.7 cm³/mol. The first-order valence-electron chi connectivity index (χ1n) is 5.30. The van der Waals surface area contributed by atoms with Crippen molar-refractivity contribution in [3.63, 3.8) is 0 Å². The third-order valence-electron chi connectivity index (χ3n) is 2.98. The van der Waals surface area contributed by atoms with Crippen molar-refractivity contribution in [2.45, 2.75) is 31.2 Å². The summed E-state index contributed by atoms with van der Waals surface area (Å²) in [5, 5.41) is 11.6. The van der Waals surface area contributed by atoms with E-state index in [1.54, 1.807) is 12.1 Å². The van der Waals surface area contributed by atoms with Gasteiger partial charge in [-0.25, -0.2) is 0 Å². The van der Waals surface area contributed by atoms with Gasteiger partial charge in [-0.2, -0.15) is 0 Å². The Bertz CT molecular complexity index is 450. The van der Waals surface area contributed by atoms with Gasteiger partial charge in [-0.3, -0.25) is 9.59 Å². The highest BCUT2D eigenvalue weighted by molar-refractivity contribution is 9.10. The fourth-order valence-electron chi connectivity index (χ4n) is 1.98. The molecular formula is C11H12BrNO4. The highest BCUT2D eigenvalue weighted by atomic mass is 79.9. The summed E-state index contributed by atoms with van der Waals surface area (Å²) in [6.45, 7) is 0. The van der Waals surface area contributed by atoms with Gasteiger partial charge >= 0.3 is 5.97 Å². The molecule has 92 valence electrons. The number of carboxylic acid groups (broad SMARTS) is 1. The van der Waals surface area contributed by atoms with E-state index in [1.165, 1.54) is 0 Å². The second-order valence-corrected chi connectivity index (χ2v) is 5.04. The van der Waals surface area contributed by atoms with Crippen LogP contribution in [0, 0.1) is 0 Å². The standard InChI is InChI=1S/C11H12BrNO4/c12-8-3-2-7(17-8)10(16)13-11(4-1-5-11)6-9(14)15/h2-3H,1,4-6H2,(H,13,16)(H,14,15). The molecule has 0 aliphatic heterocycles. The number of amides is 1. The second kappa shape index (κ2) is 4.52. The highest BCUT2D eigenvalue weighted by Crippen LogP contribution is 2.35. The number of carbonyl (C=O) groups is 2. The minimum atomic E-state index is -0.898. The number of carbonyl (C=O) groups excluding carboxylic acids is 1. The number of furan rings is 1. The van der Waals surface area contributed by atoms with Crippen molar-refractivity contribution in [3.8, 4) is 0 Å². The van der Waals surface area contributed by atoms with Gasteiger partial charge in [-0.15, -0.1) is 0 Å². The third kappa shape index (κ3) is 2.69. The molecule has 1 aliphatic rings. The molecule has 1 aliphatic carbocycles. The van der Waals surface area contributed by atoms with Crippen molar-refractivity contribution in [1.29, 1.82) is 0 Å². The molecule has 0 bridgehead atoms. The van der Waals surface area contributed by atoms with Crippen LogP contribution in [0.3, 0.4) is 0 Å². The molecule has 17 heavy (non-hydrogen) atoms. The number of hydrogen-bond acceptors (Lipinski definition) is 3. The molecule has 6 heteroatoms. The van der Waals surface area contributed by atoms with E-state index in [9.17, 15) is 9.59 Å². The van der Waals surface area contributed by atoms with Gasteiger partial charge in [0.25, 0.3) is 5.91 Å². The minimum absolute atomic E-state index is 0.0411. The Hall–Kier alpha value is -1.30. The molecule has 0 radical (unpaired) electrons. The van der Waals surface area contributed by atoms with Gasteiger partial charge in [-0.05, 0) is 47.3 Å². The first kappa shape index (κ1) is 12.2. The van der Waals surface area contributed by atoms with E-state index in [1.807, 2.05) is 0 Å². The molecule has 1 saturated carbocycles. The van der Waals surface area contributed by atoms with Crippen molar-refractivity contribution in [2.24, 2.45) is 0 Å². The van der Waals surface area contributed by atoms with Crippen molar-refractivity contribution < 1.29 is 19.1 Å². The summed E-state index contributed by atoms with van der Waals surface area (Å²) >= 11 is 3.11. The first-order chi connectivity index (χ1) is 8.01. The SMILES string of the molecule is O=C(O)CC1(NC(=O)c2ccc(Br)o2)CCC1. The Morgan fingerprint density at radius 3 is 2.59 bits per heavy atom. The zero-order valence-electron chi connectivity index (χ0n) is 9.03. The van der Waals surface area contributed by atoms with E-state index < -0.39 is 11.5 Å². The second-order valence-electron chi connectivity index (χ2n) is 4.26. The van der Waals surface area contributed by atoms with E-state index in [0.717, 1.165) is 6.42 Å². The van der Waals surface area contributed by atoms with Crippen LogP contribution in [0.25, 0.3) is 0 Å². The Labute approximate surface area is 106 Å². The first-order valence-corrected chi connectivity index (χ1v) is 6.10. The van der Waals surface area contributed by atoms with Crippen LogP contribution in [0.2, 0.25) is 0 Å². The molecule has 0 unspecified atom stereocenters. The lowest BCUT2D eigenvalue weighted by Gasteiger charge is -2.41. The molecule has 2 rings (SSSR count). The topological polar surface area (TPSA) is 79.5 Å². The molecule has 0 atom stereocenters. The molecule has 1 fully saturated rings. The molecule has 1 aromatic heterocycles. The van der Waals surface area contributed by atoms with E-state index >= 15 is 0 Å². The molecule has 5 nitrogen and oxygen atoms in total. The summed E-state index contributed by atoms with van der Waals surface area (Å²) in [4.78, 5) is 22.6. The monoisotopic (exact) mass is 301 g/mol.